The molecule has 0 aliphatic heterocycles. The van der Waals surface area contributed by atoms with Gasteiger partial charge in [-0.3, -0.25) is 4.79 Å². The monoisotopic (exact) mass is 397 g/mol. The van der Waals surface area contributed by atoms with Gasteiger partial charge in [0.2, 0.25) is 0 Å². The predicted molar refractivity (Wildman–Crippen MR) is 110 cm³/mol. The number of amides is 1. The molecule has 1 aliphatic carbocycles. The van der Waals surface area contributed by atoms with Gasteiger partial charge in [-0.25, -0.2) is 4.79 Å². The normalized spacial score (nSPS) is 12.8. The number of fused-ring (bicyclic) bond motifs is 3. The molecule has 1 aliphatic rings. The molecule has 2 aromatic carbocycles. The summed E-state index contributed by atoms with van der Waals surface area (Å²) in [4.78, 5) is 24.5. The highest BCUT2D eigenvalue weighted by molar-refractivity contribution is 6.32. The molecule has 0 saturated carbocycles. The Labute approximate surface area is 167 Å². The molecule has 5 nitrogen and oxygen atoms in total. The Kier molecular flexibility index (Phi) is 4.85. The van der Waals surface area contributed by atoms with Gasteiger partial charge in [-0.05, 0) is 55.9 Å². The Morgan fingerprint density at radius 1 is 1.18 bits per heavy atom. The van der Waals surface area contributed by atoms with Crippen LogP contribution in [0.3, 0.4) is 0 Å². The number of anilines is 1. The highest BCUT2D eigenvalue weighted by Gasteiger charge is 2.21. The number of carbonyl (C=O) groups excluding carboxylic acids is 1. The van der Waals surface area contributed by atoms with Crippen molar-refractivity contribution in [3.63, 3.8) is 0 Å². The van der Waals surface area contributed by atoms with Gasteiger partial charge in [-0.2, -0.15) is 0 Å². The van der Waals surface area contributed by atoms with Crippen LogP contribution >= 0.6 is 11.6 Å². The Morgan fingerprint density at radius 2 is 1.89 bits per heavy atom. The molecule has 0 unspecified atom stereocenters. The van der Waals surface area contributed by atoms with E-state index in [9.17, 15) is 9.59 Å². The molecule has 0 fully saturated rings. The maximum Gasteiger partial charge on any atom is 0.339 e. The topological polar surface area (TPSA) is 68.5 Å². The molecular weight excluding hydrogens is 378 g/mol. The fraction of sp³-hybridized carbons (Fsp3) is 0.273. The SMILES string of the molecule is Cc1cccc(C)c1NC(=O)COc1cc2oc(=O)c3c(c2cc1Cl)CCC3. The molecule has 1 amide bonds. The van der Waals surface area contributed by atoms with Crippen LogP contribution in [0.25, 0.3) is 11.0 Å². The lowest BCUT2D eigenvalue weighted by atomic mass is 10.1. The Hall–Kier alpha value is -2.79. The van der Waals surface area contributed by atoms with Gasteiger partial charge in [0.25, 0.3) is 5.91 Å². The lowest BCUT2D eigenvalue weighted by Gasteiger charge is -2.13. The van der Waals surface area contributed by atoms with Gasteiger partial charge in [-0.15, -0.1) is 0 Å². The first-order chi connectivity index (χ1) is 13.4. The van der Waals surface area contributed by atoms with Crippen molar-refractivity contribution >= 4 is 34.2 Å². The van der Waals surface area contributed by atoms with Gasteiger partial charge < -0.3 is 14.5 Å². The molecule has 0 saturated heterocycles. The minimum Gasteiger partial charge on any atom is -0.482 e. The van der Waals surface area contributed by atoms with Crippen molar-refractivity contribution < 1.29 is 13.9 Å². The van der Waals surface area contributed by atoms with Crippen LogP contribution in [0.2, 0.25) is 5.02 Å². The maximum absolute atomic E-state index is 12.3. The van der Waals surface area contributed by atoms with Crippen molar-refractivity contribution in [2.24, 2.45) is 0 Å². The lowest BCUT2D eigenvalue weighted by molar-refractivity contribution is -0.118. The number of nitrogens with one attached hydrogen (secondary N) is 1. The molecule has 1 N–H and O–H groups in total. The molecule has 4 rings (SSSR count). The Balaban J connectivity index is 1.55. The van der Waals surface area contributed by atoms with Crippen LogP contribution in [0.1, 0.15) is 28.7 Å². The molecule has 1 heterocycles. The molecule has 0 bridgehead atoms. The van der Waals surface area contributed by atoms with Crippen molar-refractivity contribution in [3.8, 4) is 5.75 Å². The van der Waals surface area contributed by atoms with Crippen LogP contribution in [-0.2, 0) is 17.6 Å². The number of para-hydroxylation sites is 1. The second kappa shape index (κ2) is 7.32. The summed E-state index contributed by atoms with van der Waals surface area (Å²) < 4.78 is 11.1. The molecule has 0 atom stereocenters. The maximum atomic E-state index is 12.3. The van der Waals surface area contributed by atoms with E-state index in [0.717, 1.165) is 52.6 Å². The summed E-state index contributed by atoms with van der Waals surface area (Å²) in [6.45, 7) is 3.67. The highest BCUT2D eigenvalue weighted by Crippen LogP contribution is 2.34. The fourth-order valence-electron chi connectivity index (χ4n) is 3.72. The average molecular weight is 398 g/mol. The van der Waals surface area contributed by atoms with E-state index < -0.39 is 0 Å². The molecule has 144 valence electrons. The van der Waals surface area contributed by atoms with Crippen LogP contribution in [0.5, 0.6) is 5.75 Å². The van der Waals surface area contributed by atoms with E-state index in [2.05, 4.69) is 5.32 Å². The number of carbonyl (C=O) groups is 1. The van der Waals surface area contributed by atoms with Crippen molar-refractivity contribution in [1.82, 2.24) is 0 Å². The number of halogens is 1. The number of aryl methyl sites for hydroxylation is 3. The number of hydrogen-bond donors (Lipinski definition) is 1. The number of ether oxygens (including phenoxy) is 1. The van der Waals surface area contributed by atoms with Gasteiger partial charge in [0.1, 0.15) is 11.3 Å². The zero-order chi connectivity index (χ0) is 19.8. The first kappa shape index (κ1) is 18.6. The molecular formula is C22H20ClNO4. The van der Waals surface area contributed by atoms with Gasteiger partial charge in [0.15, 0.2) is 6.61 Å². The third-order valence-electron chi connectivity index (χ3n) is 5.13. The summed E-state index contributed by atoms with van der Waals surface area (Å²) in [7, 11) is 0. The van der Waals surface area contributed by atoms with Crippen molar-refractivity contribution in [2.75, 3.05) is 11.9 Å². The zero-order valence-electron chi connectivity index (χ0n) is 15.7. The van der Waals surface area contributed by atoms with E-state index in [1.54, 1.807) is 12.1 Å². The van der Waals surface area contributed by atoms with Crippen LogP contribution in [0.4, 0.5) is 5.69 Å². The minimum absolute atomic E-state index is 0.200. The van der Waals surface area contributed by atoms with Gasteiger partial charge >= 0.3 is 5.63 Å². The van der Waals surface area contributed by atoms with E-state index in [0.29, 0.717) is 16.4 Å². The molecule has 6 heteroatoms. The summed E-state index contributed by atoms with van der Waals surface area (Å²) in [6.07, 6.45) is 2.52. The number of benzene rings is 2. The summed E-state index contributed by atoms with van der Waals surface area (Å²) in [5.74, 6) is 0.0240. The van der Waals surface area contributed by atoms with Gasteiger partial charge in [0.05, 0.1) is 5.02 Å². The van der Waals surface area contributed by atoms with Crippen molar-refractivity contribution in [2.45, 2.75) is 33.1 Å². The smallest absolute Gasteiger partial charge is 0.339 e. The lowest BCUT2D eigenvalue weighted by Crippen LogP contribution is -2.21. The first-order valence-corrected chi connectivity index (χ1v) is 9.59. The molecule has 28 heavy (non-hydrogen) atoms. The summed E-state index contributed by atoms with van der Waals surface area (Å²) in [5, 5.41) is 4.09. The second-order valence-electron chi connectivity index (χ2n) is 7.08. The molecule has 1 aromatic heterocycles. The van der Waals surface area contributed by atoms with Crippen LogP contribution in [0, 0.1) is 13.8 Å². The molecule has 3 aromatic rings. The van der Waals surface area contributed by atoms with Crippen molar-refractivity contribution in [3.05, 3.63) is 68.0 Å². The minimum atomic E-state index is -0.305. The summed E-state index contributed by atoms with van der Waals surface area (Å²) >= 11 is 6.36. The van der Waals surface area contributed by atoms with Crippen LogP contribution in [0.15, 0.2) is 39.5 Å². The van der Waals surface area contributed by atoms with E-state index in [4.69, 9.17) is 20.8 Å². The summed E-state index contributed by atoms with van der Waals surface area (Å²) in [5.41, 5.74) is 4.61. The van der Waals surface area contributed by atoms with E-state index >= 15 is 0 Å². The third-order valence-corrected chi connectivity index (χ3v) is 5.43. The number of rotatable bonds is 4. The van der Waals surface area contributed by atoms with E-state index in [1.165, 1.54) is 0 Å². The van der Waals surface area contributed by atoms with Gasteiger partial charge in [-0.1, -0.05) is 29.8 Å². The standard InChI is InChI=1S/C22H20ClNO4/c1-12-5-3-6-13(2)21(12)24-20(25)11-27-19-10-18-16(9-17(19)23)14-7-4-8-15(14)22(26)28-18/h3,5-6,9-10H,4,7-8,11H2,1-2H3,(H,24,25). The fourth-order valence-corrected chi connectivity index (χ4v) is 3.94. The zero-order valence-corrected chi connectivity index (χ0v) is 16.5. The molecule has 0 radical (unpaired) electrons. The Bertz CT molecular complexity index is 1130. The number of hydrogen-bond acceptors (Lipinski definition) is 4. The predicted octanol–water partition coefficient (Wildman–Crippen LogP) is 4.57. The Morgan fingerprint density at radius 3 is 2.64 bits per heavy atom. The quantitative estimate of drug-likeness (QED) is 0.655. The van der Waals surface area contributed by atoms with Gasteiger partial charge in [0, 0.05) is 22.7 Å². The largest absolute Gasteiger partial charge is 0.482 e. The van der Waals surface area contributed by atoms with E-state index in [-0.39, 0.29) is 18.1 Å². The molecule has 0 spiro atoms. The van der Waals surface area contributed by atoms with Crippen molar-refractivity contribution in [1.29, 1.82) is 0 Å². The highest BCUT2D eigenvalue weighted by atomic mass is 35.5. The van der Waals surface area contributed by atoms with Crippen LogP contribution < -0.4 is 15.7 Å². The van der Waals surface area contributed by atoms with E-state index in [1.807, 2.05) is 32.0 Å². The average Bonchev–Trinajstić information content (AvgIpc) is 3.15. The summed E-state index contributed by atoms with van der Waals surface area (Å²) in [6, 6.07) is 9.15. The first-order valence-electron chi connectivity index (χ1n) is 9.21. The third kappa shape index (κ3) is 3.38. The van der Waals surface area contributed by atoms with Crippen LogP contribution in [-0.4, -0.2) is 12.5 Å². The second-order valence-corrected chi connectivity index (χ2v) is 7.49.